The molecule has 8 heteroatoms. The first-order chi connectivity index (χ1) is 10.8. The number of halogens is 3. The van der Waals surface area contributed by atoms with Gasteiger partial charge in [-0.25, -0.2) is 0 Å². The Hall–Kier alpha value is -2.09. The van der Waals surface area contributed by atoms with Crippen LogP contribution >= 0.6 is 0 Å². The number of hydrogen-bond donors (Lipinski definition) is 1. The van der Waals surface area contributed by atoms with Gasteiger partial charge in [0.25, 0.3) is 0 Å². The zero-order chi connectivity index (χ0) is 16.8. The van der Waals surface area contributed by atoms with Crippen LogP contribution in [0.1, 0.15) is 12.8 Å². The number of alkyl halides is 3. The molecule has 0 unspecified atom stereocenters. The second-order valence-corrected chi connectivity index (χ2v) is 5.86. The maximum absolute atomic E-state index is 12.8. The Morgan fingerprint density at radius 2 is 1.83 bits per heavy atom. The summed E-state index contributed by atoms with van der Waals surface area (Å²) in [6.07, 6.45) is -3.04. The summed E-state index contributed by atoms with van der Waals surface area (Å²) in [5, 5.41) is 0. The molecular weight excluding hydrogens is 311 g/mol. The molecule has 3 rings (SSSR count). The number of carbonyl (C=O) groups is 2. The lowest BCUT2D eigenvalue weighted by atomic mass is 10.2. The minimum atomic E-state index is -4.56. The van der Waals surface area contributed by atoms with Crippen molar-refractivity contribution in [3.05, 3.63) is 24.3 Å². The van der Waals surface area contributed by atoms with Crippen LogP contribution < -0.4 is 15.5 Å². The Bertz CT molecular complexity index is 643. The highest BCUT2D eigenvalue weighted by molar-refractivity contribution is 6.07. The predicted octanol–water partition coefficient (Wildman–Crippen LogP) is 1.67. The summed E-state index contributed by atoms with van der Waals surface area (Å²) in [7, 11) is 0. The van der Waals surface area contributed by atoms with Crippen molar-refractivity contribution in [1.29, 1.82) is 0 Å². The Labute approximate surface area is 130 Å². The van der Waals surface area contributed by atoms with Crippen LogP contribution in [-0.4, -0.2) is 37.1 Å². The number of nitrogens with zero attached hydrogens (tertiary/aromatic N) is 2. The molecule has 1 saturated carbocycles. The highest BCUT2D eigenvalue weighted by Crippen LogP contribution is 2.38. The monoisotopic (exact) mass is 327 g/mol. The average molecular weight is 327 g/mol. The maximum Gasteiger partial charge on any atom is 0.406 e. The number of benzene rings is 1. The van der Waals surface area contributed by atoms with E-state index >= 15 is 0 Å². The van der Waals surface area contributed by atoms with E-state index in [1.807, 2.05) is 0 Å². The predicted molar refractivity (Wildman–Crippen MR) is 77.9 cm³/mol. The summed E-state index contributed by atoms with van der Waals surface area (Å²) in [4.78, 5) is 26.7. The largest absolute Gasteiger partial charge is 0.406 e. The van der Waals surface area contributed by atoms with Crippen LogP contribution in [0, 0.1) is 5.92 Å². The van der Waals surface area contributed by atoms with Crippen LogP contribution in [0.2, 0.25) is 0 Å². The third-order valence-electron chi connectivity index (χ3n) is 3.96. The van der Waals surface area contributed by atoms with Crippen LogP contribution in [0.4, 0.5) is 24.5 Å². The Balaban J connectivity index is 2.05. The standard InChI is InChI=1S/C15H16F3N3O2/c16-15(17,18)8-21-12-4-2-1-3-11(12)20(7-10(19)14(21)23)13(22)9-5-6-9/h1-4,9-10H,5-8,19H2/t10-/m0/s1. The molecular formula is C15H16F3N3O2. The molecule has 1 aromatic carbocycles. The fourth-order valence-electron chi connectivity index (χ4n) is 2.71. The quantitative estimate of drug-likeness (QED) is 0.898. The first-order valence-electron chi connectivity index (χ1n) is 7.32. The number of anilines is 2. The molecule has 1 aliphatic heterocycles. The van der Waals surface area contributed by atoms with Crippen LogP contribution in [0.25, 0.3) is 0 Å². The Morgan fingerprint density at radius 1 is 1.22 bits per heavy atom. The summed E-state index contributed by atoms with van der Waals surface area (Å²) < 4.78 is 38.5. The van der Waals surface area contributed by atoms with E-state index in [1.54, 1.807) is 12.1 Å². The number of amides is 2. The number of rotatable bonds is 2. The van der Waals surface area contributed by atoms with Crippen molar-refractivity contribution in [2.24, 2.45) is 11.7 Å². The molecule has 5 nitrogen and oxygen atoms in total. The smallest absolute Gasteiger partial charge is 0.318 e. The Kier molecular flexibility index (Phi) is 3.79. The van der Waals surface area contributed by atoms with Crippen molar-refractivity contribution in [3.63, 3.8) is 0 Å². The van der Waals surface area contributed by atoms with Crippen molar-refractivity contribution in [2.75, 3.05) is 22.9 Å². The molecule has 1 heterocycles. The molecule has 0 aromatic heterocycles. The lowest BCUT2D eigenvalue weighted by Crippen LogP contribution is -2.50. The van der Waals surface area contributed by atoms with Gasteiger partial charge in [0.2, 0.25) is 11.8 Å². The first kappa shape index (κ1) is 15.8. The number of fused-ring (bicyclic) bond motifs is 1. The molecule has 1 fully saturated rings. The molecule has 2 N–H and O–H groups in total. The minimum Gasteiger partial charge on any atom is -0.318 e. The van der Waals surface area contributed by atoms with E-state index < -0.39 is 24.7 Å². The normalized spacial score (nSPS) is 21.9. The average Bonchev–Trinajstić information content (AvgIpc) is 3.32. The van der Waals surface area contributed by atoms with Gasteiger partial charge >= 0.3 is 6.18 Å². The summed E-state index contributed by atoms with van der Waals surface area (Å²) >= 11 is 0. The van der Waals surface area contributed by atoms with Crippen LogP contribution in [0.5, 0.6) is 0 Å². The van der Waals surface area contributed by atoms with Gasteiger partial charge in [0, 0.05) is 5.92 Å². The number of nitrogens with two attached hydrogens (primary N) is 1. The topological polar surface area (TPSA) is 66.6 Å². The third-order valence-corrected chi connectivity index (χ3v) is 3.96. The van der Waals surface area contributed by atoms with Crippen molar-refractivity contribution in [2.45, 2.75) is 25.1 Å². The van der Waals surface area contributed by atoms with E-state index in [-0.39, 0.29) is 24.1 Å². The van der Waals surface area contributed by atoms with Crippen molar-refractivity contribution < 1.29 is 22.8 Å². The van der Waals surface area contributed by atoms with Gasteiger partial charge in [-0.1, -0.05) is 12.1 Å². The van der Waals surface area contributed by atoms with Gasteiger partial charge in [-0.15, -0.1) is 0 Å². The van der Waals surface area contributed by atoms with Gasteiger partial charge in [0.1, 0.15) is 12.6 Å². The van der Waals surface area contributed by atoms with Gasteiger partial charge in [0.05, 0.1) is 17.9 Å². The summed E-state index contributed by atoms with van der Waals surface area (Å²) in [5.74, 6) is -1.14. The van der Waals surface area contributed by atoms with E-state index in [1.165, 1.54) is 17.0 Å². The molecule has 2 aliphatic rings. The zero-order valence-electron chi connectivity index (χ0n) is 12.2. The number of carbonyl (C=O) groups excluding carboxylic acids is 2. The number of para-hydroxylation sites is 2. The van der Waals surface area contributed by atoms with E-state index in [2.05, 4.69) is 0 Å². The molecule has 1 aliphatic carbocycles. The highest BCUT2D eigenvalue weighted by atomic mass is 19.4. The molecule has 1 atom stereocenters. The first-order valence-corrected chi connectivity index (χ1v) is 7.32. The third kappa shape index (κ3) is 3.17. The molecule has 0 spiro atoms. The summed E-state index contributed by atoms with van der Waals surface area (Å²) in [5.41, 5.74) is 6.13. The van der Waals surface area contributed by atoms with Crippen LogP contribution in [0.3, 0.4) is 0 Å². The second-order valence-electron chi connectivity index (χ2n) is 5.86. The fourth-order valence-corrected chi connectivity index (χ4v) is 2.71. The van der Waals surface area contributed by atoms with E-state index in [0.717, 1.165) is 12.8 Å². The fraction of sp³-hybridized carbons (Fsp3) is 0.467. The highest BCUT2D eigenvalue weighted by Gasteiger charge is 2.42. The second kappa shape index (κ2) is 5.52. The van der Waals surface area contributed by atoms with E-state index in [9.17, 15) is 22.8 Å². The van der Waals surface area contributed by atoms with Crippen molar-refractivity contribution in [3.8, 4) is 0 Å². The Morgan fingerprint density at radius 3 is 2.39 bits per heavy atom. The van der Waals surface area contributed by atoms with Gasteiger partial charge in [-0.2, -0.15) is 13.2 Å². The van der Waals surface area contributed by atoms with Crippen molar-refractivity contribution >= 4 is 23.2 Å². The lowest BCUT2D eigenvalue weighted by molar-refractivity contribution is -0.133. The number of hydrogen-bond acceptors (Lipinski definition) is 3. The summed E-state index contributed by atoms with van der Waals surface area (Å²) in [6, 6.07) is 4.92. The van der Waals surface area contributed by atoms with Crippen LogP contribution in [-0.2, 0) is 9.59 Å². The van der Waals surface area contributed by atoms with Gasteiger partial charge in [-0.3, -0.25) is 14.5 Å². The molecule has 0 bridgehead atoms. The van der Waals surface area contributed by atoms with Gasteiger partial charge < -0.3 is 10.6 Å². The lowest BCUT2D eigenvalue weighted by Gasteiger charge is -2.26. The van der Waals surface area contributed by atoms with Crippen LogP contribution in [0.15, 0.2) is 24.3 Å². The van der Waals surface area contributed by atoms with Gasteiger partial charge in [0.15, 0.2) is 0 Å². The SMILES string of the molecule is N[C@H]1CN(C(=O)C2CC2)c2ccccc2N(CC(F)(F)F)C1=O. The molecule has 124 valence electrons. The zero-order valence-corrected chi connectivity index (χ0v) is 12.2. The minimum absolute atomic E-state index is 0.0665. The van der Waals surface area contributed by atoms with Gasteiger partial charge in [-0.05, 0) is 25.0 Å². The summed E-state index contributed by atoms with van der Waals surface area (Å²) in [6.45, 7) is -1.54. The molecule has 0 radical (unpaired) electrons. The van der Waals surface area contributed by atoms with Crippen molar-refractivity contribution in [1.82, 2.24) is 0 Å². The molecule has 0 saturated heterocycles. The molecule has 2 amide bonds. The molecule has 1 aromatic rings. The maximum atomic E-state index is 12.8. The molecule has 23 heavy (non-hydrogen) atoms. The van der Waals surface area contributed by atoms with E-state index in [0.29, 0.717) is 10.6 Å². The van der Waals surface area contributed by atoms with E-state index in [4.69, 9.17) is 5.73 Å².